The normalized spacial score (nSPS) is 14.5. The third kappa shape index (κ3) is 3.27. The van der Waals surface area contributed by atoms with Crippen LogP contribution in [0.5, 0.6) is 0 Å². The largest absolute Gasteiger partial charge is 0.306 e. The molecule has 1 aliphatic rings. The van der Waals surface area contributed by atoms with E-state index in [2.05, 4.69) is 14.9 Å². The summed E-state index contributed by atoms with van der Waals surface area (Å²) in [6, 6.07) is 9.21. The Morgan fingerprint density at radius 1 is 1.36 bits per heavy atom. The number of halogens is 1. The summed E-state index contributed by atoms with van der Waals surface area (Å²) in [6.45, 7) is 3.73. The van der Waals surface area contributed by atoms with Gasteiger partial charge in [-0.25, -0.2) is 9.37 Å². The van der Waals surface area contributed by atoms with Crippen molar-refractivity contribution in [2.24, 2.45) is 0 Å². The Hall–Kier alpha value is -2.31. The number of nitrogens with zero attached hydrogens (tertiary/aromatic N) is 2. The first-order chi connectivity index (χ1) is 12.1. The number of benzene rings is 1. The first-order valence-electron chi connectivity index (χ1n) is 8.23. The highest BCUT2D eigenvalue weighted by Gasteiger charge is 2.22. The highest BCUT2D eigenvalue weighted by molar-refractivity contribution is 7.13. The van der Waals surface area contributed by atoms with E-state index in [1.807, 2.05) is 23.6 Å². The van der Waals surface area contributed by atoms with Gasteiger partial charge in [0.05, 0.1) is 16.1 Å². The molecule has 2 aromatic heterocycles. The van der Waals surface area contributed by atoms with E-state index in [0.29, 0.717) is 24.5 Å². The van der Waals surface area contributed by atoms with Crippen LogP contribution in [0.15, 0.2) is 40.5 Å². The molecule has 4 rings (SSSR count). The van der Waals surface area contributed by atoms with Gasteiger partial charge in [-0.1, -0.05) is 18.2 Å². The zero-order valence-electron chi connectivity index (χ0n) is 13.9. The average molecular weight is 355 g/mol. The second-order valence-corrected chi connectivity index (χ2v) is 7.31. The summed E-state index contributed by atoms with van der Waals surface area (Å²) in [5, 5.41) is 1.97. The van der Waals surface area contributed by atoms with Gasteiger partial charge in [-0.15, -0.1) is 11.3 Å². The van der Waals surface area contributed by atoms with E-state index in [1.165, 1.54) is 0 Å². The molecule has 25 heavy (non-hydrogen) atoms. The summed E-state index contributed by atoms with van der Waals surface area (Å²) in [6.07, 6.45) is 0.728. The molecule has 0 atom stereocenters. The molecule has 3 aromatic rings. The number of aryl methyl sites for hydroxylation is 1. The lowest BCUT2D eigenvalue weighted by Crippen LogP contribution is -2.35. The standard InChI is InChI=1S/C19H18FN3OS/c1-12-4-5-13(9-15(12)20)10-23-7-6-16-14(11-23)19(24)22-18(21-16)17-3-2-8-25-17/h2-5,8-9H,6-7,10-11H2,1H3,(H,21,22,24). The molecule has 0 radical (unpaired) electrons. The minimum Gasteiger partial charge on any atom is -0.306 e. The Morgan fingerprint density at radius 2 is 2.24 bits per heavy atom. The number of hydrogen-bond donors (Lipinski definition) is 1. The van der Waals surface area contributed by atoms with Crippen molar-refractivity contribution in [3.05, 3.63) is 74.3 Å². The number of aromatic nitrogens is 2. The fourth-order valence-corrected chi connectivity index (χ4v) is 3.81. The van der Waals surface area contributed by atoms with E-state index in [9.17, 15) is 9.18 Å². The van der Waals surface area contributed by atoms with E-state index in [4.69, 9.17) is 0 Å². The molecular weight excluding hydrogens is 337 g/mol. The molecule has 6 heteroatoms. The zero-order chi connectivity index (χ0) is 17.4. The number of thiophene rings is 1. The van der Waals surface area contributed by atoms with Crippen LogP contribution in [0.2, 0.25) is 0 Å². The van der Waals surface area contributed by atoms with Crippen molar-refractivity contribution in [2.75, 3.05) is 6.54 Å². The lowest BCUT2D eigenvalue weighted by Gasteiger charge is -2.27. The van der Waals surface area contributed by atoms with Crippen molar-refractivity contribution in [3.63, 3.8) is 0 Å². The van der Waals surface area contributed by atoms with Gasteiger partial charge in [0.1, 0.15) is 5.82 Å². The first-order valence-corrected chi connectivity index (χ1v) is 9.11. The number of rotatable bonds is 3. The minimum atomic E-state index is -0.185. The van der Waals surface area contributed by atoms with E-state index < -0.39 is 0 Å². The second kappa shape index (κ2) is 6.54. The molecule has 4 nitrogen and oxygen atoms in total. The summed E-state index contributed by atoms with van der Waals surface area (Å²) in [4.78, 5) is 23.2. The molecule has 1 aromatic carbocycles. The van der Waals surface area contributed by atoms with Crippen LogP contribution < -0.4 is 5.56 Å². The fourth-order valence-electron chi connectivity index (χ4n) is 3.14. The molecule has 0 spiro atoms. The van der Waals surface area contributed by atoms with E-state index >= 15 is 0 Å². The molecule has 0 fully saturated rings. The van der Waals surface area contributed by atoms with E-state index in [1.54, 1.807) is 30.4 Å². The van der Waals surface area contributed by atoms with E-state index in [0.717, 1.165) is 34.7 Å². The molecule has 128 valence electrons. The smallest absolute Gasteiger partial charge is 0.255 e. The maximum Gasteiger partial charge on any atom is 0.255 e. The van der Waals surface area contributed by atoms with Crippen molar-refractivity contribution < 1.29 is 4.39 Å². The van der Waals surface area contributed by atoms with Gasteiger partial charge >= 0.3 is 0 Å². The molecule has 1 aliphatic heterocycles. The van der Waals surface area contributed by atoms with Gasteiger partial charge in [0.15, 0.2) is 5.82 Å². The molecule has 0 amide bonds. The minimum absolute atomic E-state index is 0.0758. The summed E-state index contributed by atoms with van der Waals surface area (Å²) in [5.74, 6) is 0.461. The van der Waals surface area contributed by atoms with Crippen molar-refractivity contribution in [3.8, 4) is 10.7 Å². The van der Waals surface area contributed by atoms with Crippen LogP contribution >= 0.6 is 11.3 Å². The van der Waals surface area contributed by atoms with Crippen molar-refractivity contribution >= 4 is 11.3 Å². The van der Waals surface area contributed by atoms with Gasteiger partial charge in [-0.3, -0.25) is 9.69 Å². The Kier molecular flexibility index (Phi) is 4.23. The molecule has 0 saturated carbocycles. The first kappa shape index (κ1) is 16.2. The molecule has 1 N–H and O–H groups in total. The Labute approximate surface area is 149 Å². The zero-order valence-corrected chi connectivity index (χ0v) is 14.7. The van der Waals surface area contributed by atoms with Crippen molar-refractivity contribution in [1.29, 1.82) is 0 Å². The number of hydrogen-bond acceptors (Lipinski definition) is 4. The SMILES string of the molecule is Cc1ccc(CN2CCc3nc(-c4cccs4)[nH]c(=O)c3C2)cc1F. The highest BCUT2D eigenvalue weighted by Crippen LogP contribution is 2.23. The summed E-state index contributed by atoms with van der Waals surface area (Å²) < 4.78 is 13.7. The predicted molar refractivity (Wildman–Crippen MR) is 97.1 cm³/mol. The van der Waals surface area contributed by atoms with Gasteiger partial charge in [0, 0.05) is 26.1 Å². The van der Waals surface area contributed by atoms with Crippen LogP contribution in [0, 0.1) is 12.7 Å². The van der Waals surface area contributed by atoms with Gasteiger partial charge in [0.25, 0.3) is 5.56 Å². The topological polar surface area (TPSA) is 49.0 Å². The monoisotopic (exact) mass is 355 g/mol. The number of H-pyrrole nitrogens is 1. The number of aromatic amines is 1. The van der Waals surface area contributed by atoms with Crippen LogP contribution in [-0.4, -0.2) is 21.4 Å². The maximum absolute atomic E-state index is 13.7. The molecular formula is C19H18FN3OS. The van der Waals surface area contributed by atoms with Gasteiger partial charge in [0.2, 0.25) is 0 Å². The van der Waals surface area contributed by atoms with Crippen molar-refractivity contribution in [1.82, 2.24) is 14.9 Å². The van der Waals surface area contributed by atoms with Crippen LogP contribution in [0.3, 0.4) is 0 Å². The Bertz CT molecular complexity index is 965. The quantitative estimate of drug-likeness (QED) is 0.782. The van der Waals surface area contributed by atoms with Crippen LogP contribution in [0.25, 0.3) is 10.7 Å². The molecule has 0 bridgehead atoms. The third-order valence-electron chi connectivity index (χ3n) is 4.54. The molecule has 0 saturated heterocycles. The molecule has 3 heterocycles. The summed E-state index contributed by atoms with van der Waals surface area (Å²) in [5.41, 5.74) is 3.09. The summed E-state index contributed by atoms with van der Waals surface area (Å²) >= 11 is 1.56. The third-order valence-corrected chi connectivity index (χ3v) is 5.42. The van der Waals surface area contributed by atoms with Crippen molar-refractivity contribution in [2.45, 2.75) is 26.4 Å². The van der Waals surface area contributed by atoms with Gasteiger partial charge < -0.3 is 4.98 Å². The van der Waals surface area contributed by atoms with E-state index in [-0.39, 0.29) is 11.4 Å². The van der Waals surface area contributed by atoms with Crippen LogP contribution in [0.4, 0.5) is 4.39 Å². The molecule has 0 aliphatic carbocycles. The van der Waals surface area contributed by atoms with Crippen LogP contribution in [0.1, 0.15) is 22.4 Å². The van der Waals surface area contributed by atoms with Crippen LogP contribution in [-0.2, 0) is 19.5 Å². The maximum atomic E-state index is 13.7. The predicted octanol–water partition coefficient (Wildman–Crippen LogP) is 3.50. The Morgan fingerprint density at radius 3 is 3.00 bits per heavy atom. The molecule has 0 unspecified atom stereocenters. The Balaban J connectivity index is 1.57. The average Bonchev–Trinajstić information content (AvgIpc) is 3.13. The second-order valence-electron chi connectivity index (χ2n) is 6.36. The highest BCUT2D eigenvalue weighted by atomic mass is 32.1. The number of fused-ring (bicyclic) bond motifs is 1. The number of nitrogens with one attached hydrogen (secondary N) is 1. The fraction of sp³-hybridized carbons (Fsp3) is 0.263. The lowest BCUT2D eigenvalue weighted by atomic mass is 10.1. The van der Waals surface area contributed by atoms with Gasteiger partial charge in [-0.2, -0.15) is 0 Å². The summed E-state index contributed by atoms with van der Waals surface area (Å²) in [7, 11) is 0. The van der Waals surface area contributed by atoms with Gasteiger partial charge in [-0.05, 0) is 35.6 Å². The lowest BCUT2D eigenvalue weighted by molar-refractivity contribution is 0.241.